The summed E-state index contributed by atoms with van der Waals surface area (Å²) < 4.78 is 4.97. The number of hydrogen-bond donors (Lipinski definition) is 0. The van der Waals surface area contributed by atoms with Crippen molar-refractivity contribution in [2.24, 2.45) is 0 Å². The Kier molecular flexibility index (Phi) is 3.42. The molecule has 0 N–H and O–H groups in total. The second-order valence-electron chi connectivity index (χ2n) is 4.55. The van der Waals surface area contributed by atoms with Crippen LogP contribution in [0.3, 0.4) is 0 Å². The number of likely N-dealkylation sites (tertiary alicyclic amines) is 1. The molecule has 6 nitrogen and oxygen atoms in total. The van der Waals surface area contributed by atoms with E-state index in [-0.39, 0.29) is 0 Å². The Morgan fingerprint density at radius 2 is 2.33 bits per heavy atom. The number of nitrogens with zero attached hydrogens (tertiary/aromatic N) is 6. The molecule has 0 aromatic carbocycles. The lowest BCUT2D eigenvalue weighted by atomic mass is 10.3. The van der Waals surface area contributed by atoms with Crippen molar-refractivity contribution < 1.29 is 0 Å². The molecule has 2 aromatic heterocycles. The first-order chi connectivity index (χ1) is 8.81. The van der Waals surface area contributed by atoms with Gasteiger partial charge in [-0.25, -0.2) is 0 Å². The summed E-state index contributed by atoms with van der Waals surface area (Å²) in [6, 6.07) is 0.493. The Labute approximate surface area is 114 Å². The Bertz CT molecular complexity index is 493. The predicted molar refractivity (Wildman–Crippen MR) is 70.0 cm³/mol. The van der Waals surface area contributed by atoms with E-state index in [2.05, 4.69) is 40.9 Å². The second-order valence-corrected chi connectivity index (χ2v) is 5.46. The van der Waals surface area contributed by atoms with E-state index in [4.69, 9.17) is 0 Å². The van der Waals surface area contributed by atoms with Gasteiger partial charge in [-0.05, 0) is 22.4 Å². The van der Waals surface area contributed by atoms with Gasteiger partial charge in [-0.15, -0.1) is 5.10 Å². The standard InChI is InChI=1S/C11H15BrN6/c12-10-7-14-18(8-10)11-1-3-16(9-11)5-6-17-4-2-13-15-17/h2,4,7-8,11H,1,3,5-6,9H2. The Morgan fingerprint density at radius 1 is 1.39 bits per heavy atom. The first-order valence-corrected chi connectivity index (χ1v) is 6.87. The van der Waals surface area contributed by atoms with Crippen molar-refractivity contribution in [1.82, 2.24) is 29.7 Å². The van der Waals surface area contributed by atoms with Crippen molar-refractivity contribution >= 4 is 15.9 Å². The van der Waals surface area contributed by atoms with Crippen LogP contribution >= 0.6 is 15.9 Å². The molecule has 1 saturated heterocycles. The zero-order valence-electron chi connectivity index (χ0n) is 9.98. The molecule has 1 unspecified atom stereocenters. The zero-order chi connectivity index (χ0) is 12.4. The maximum Gasteiger partial charge on any atom is 0.0692 e. The molecule has 0 amide bonds. The van der Waals surface area contributed by atoms with E-state index >= 15 is 0 Å². The molecule has 0 saturated carbocycles. The third-order valence-electron chi connectivity index (χ3n) is 3.31. The van der Waals surface area contributed by atoms with Gasteiger partial charge in [0.2, 0.25) is 0 Å². The van der Waals surface area contributed by atoms with Gasteiger partial charge in [0.05, 0.1) is 29.5 Å². The van der Waals surface area contributed by atoms with Gasteiger partial charge in [-0.2, -0.15) is 5.10 Å². The highest BCUT2D eigenvalue weighted by molar-refractivity contribution is 9.10. The van der Waals surface area contributed by atoms with Crippen LogP contribution in [0, 0.1) is 0 Å². The van der Waals surface area contributed by atoms with Crippen LogP contribution in [0.25, 0.3) is 0 Å². The van der Waals surface area contributed by atoms with E-state index in [1.807, 2.05) is 23.3 Å². The summed E-state index contributed by atoms with van der Waals surface area (Å²) in [6.07, 6.45) is 8.67. The molecule has 1 atom stereocenters. The molecule has 96 valence electrons. The predicted octanol–water partition coefficient (Wildman–Crippen LogP) is 1.18. The fourth-order valence-corrected chi connectivity index (χ4v) is 2.64. The average molecular weight is 311 g/mol. The lowest BCUT2D eigenvalue weighted by Crippen LogP contribution is -2.26. The van der Waals surface area contributed by atoms with Crippen molar-refractivity contribution in [3.63, 3.8) is 0 Å². The summed E-state index contributed by atoms with van der Waals surface area (Å²) >= 11 is 3.44. The van der Waals surface area contributed by atoms with Crippen molar-refractivity contribution in [2.75, 3.05) is 19.6 Å². The highest BCUT2D eigenvalue weighted by Gasteiger charge is 2.23. The smallest absolute Gasteiger partial charge is 0.0692 e. The fourth-order valence-electron chi connectivity index (χ4n) is 2.34. The number of hydrogen-bond acceptors (Lipinski definition) is 4. The molecule has 0 bridgehead atoms. The minimum atomic E-state index is 0.493. The van der Waals surface area contributed by atoms with Crippen LogP contribution in [0.4, 0.5) is 0 Å². The molecule has 0 spiro atoms. The molecule has 7 heteroatoms. The minimum Gasteiger partial charge on any atom is -0.299 e. The largest absolute Gasteiger partial charge is 0.299 e. The molecule has 3 heterocycles. The normalized spacial score (nSPS) is 20.6. The van der Waals surface area contributed by atoms with Crippen LogP contribution in [0.2, 0.25) is 0 Å². The van der Waals surface area contributed by atoms with Crippen LogP contribution < -0.4 is 0 Å². The van der Waals surface area contributed by atoms with Gasteiger partial charge in [0.1, 0.15) is 0 Å². The molecule has 3 rings (SSSR count). The molecule has 0 aliphatic carbocycles. The number of rotatable bonds is 4. The van der Waals surface area contributed by atoms with E-state index in [1.165, 1.54) is 0 Å². The van der Waals surface area contributed by atoms with Crippen LogP contribution in [-0.4, -0.2) is 49.3 Å². The number of halogens is 1. The van der Waals surface area contributed by atoms with Gasteiger partial charge in [0, 0.05) is 32.0 Å². The Hall–Kier alpha value is -1.21. The third-order valence-corrected chi connectivity index (χ3v) is 3.72. The molecule has 18 heavy (non-hydrogen) atoms. The molecule has 2 aromatic rings. The van der Waals surface area contributed by atoms with Crippen LogP contribution in [0.15, 0.2) is 29.3 Å². The fraction of sp³-hybridized carbons (Fsp3) is 0.545. The molecular formula is C11H15BrN6. The van der Waals surface area contributed by atoms with Crippen LogP contribution in [0.5, 0.6) is 0 Å². The highest BCUT2D eigenvalue weighted by Crippen LogP contribution is 2.22. The SMILES string of the molecule is Brc1cnn(C2CCN(CCn3ccnn3)C2)c1. The summed E-state index contributed by atoms with van der Waals surface area (Å²) in [6.45, 7) is 4.09. The van der Waals surface area contributed by atoms with Gasteiger partial charge < -0.3 is 0 Å². The topological polar surface area (TPSA) is 51.8 Å². The Morgan fingerprint density at radius 3 is 3.06 bits per heavy atom. The van der Waals surface area contributed by atoms with Crippen molar-refractivity contribution in [3.8, 4) is 0 Å². The summed E-state index contributed by atoms with van der Waals surface area (Å²) in [5.74, 6) is 0. The van der Waals surface area contributed by atoms with Gasteiger partial charge in [0.25, 0.3) is 0 Å². The van der Waals surface area contributed by atoms with E-state index < -0.39 is 0 Å². The first kappa shape index (κ1) is 11.9. The molecular weight excluding hydrogens is 296 g/mol. The van der Waals surface area contributed by atoms with E-state index in [9.17, 15) is 0 Å². The van der Waals surface area contributed by atoms with Gasteiger partial charge >= 0.3 is 0 Å². The summed E-state index contributed by atoms with van der Waals surface area (Å²) in [5, 5.41) is 12.1. The maximum atomic E-state index is 4.36. The van der Waals surface area contributed by atoms with E-state index in [0.717, 1.165) is 37.1 Å². The molecule has 0 radical (unpaired) electrons. The lowest BCUT2D eigenvalue weighted by Gasteiger charge is -2.15. The van der Waals surface area contributed by atoms with Gasteiger partial charge in [-0.3, -0.25) is 14.3 Å². The highest BCUT2D eigenvalue weighted by atomic mass is 79.9. The van der Waals surface area contributed by atoms with Gasteiger partial charge in [-0.1, -0.05) is 5.21 Å². The second kappa shape index (κ2) is 5.19. The van der Waals surface area contributed by atoms with Crippen molar-refractivity contribution in [1.29, 1.82) is 0 Å². The first-order valence-electron chi connectivity index (χ1n) is 6.07. The number of aromatic nitrogens is 5. The lowest BCUT2D eigenvalue weighted by molar-refractivity contribution is 0.298. The zero-order valence-corrected chi connectivity index (χ0v) is 11.6. The van der Waals surface area contributed by atoms with E-state index in [0.29, 0.717) is 6.04 Å². The maximum absolute atomic E-state index is 4.36. The average Bonchev–Trinajstić information content (AvgIpc) is 3.07. The molecule has 1 fully saturated rings. The quantitative estimate of drug-likeness (QED) is 0.851. The summed E-state index contributed by atoms with van der Waals surface area (Å²) in [7, 11) is 0. The summed E-state index contributed by atoms with van der Waals surface area (Å²) in [5.41, 5.74) is 0. The monoisotopic (exact) mass is 310 g/mol. The van der Waals surface area contributed by atoms with Crippen LogP contribution in [-0.2, 0) is 6.54 Å². The van der Waals surface area contributed by atoms with E-state index in [1.54, 1.807) is 6.20 Å². The van der Waals surface area contributed by atoms with Crippen molar-refractivity contribution in [2.45, 2.75) is 19.0 Å². The molecule has 1 aliphatic rings. The minimum absolute atomic E-state index is 0.493. The molecule has 1 aliphatic heterocycles. The summed E-state index contributed by atoms with van der Waals surface area (Å²) in [4.78, 5) is 2.45. The van der Waals surface area contributed by atoms with Gasteiger partial charge in [0.15, 0.2) is 0 Å². The van der Waals surface area contributed by atoms with Crippen molar-refractivity contribution in [3.05, 3.63) is 29.3 Å². The Balaban J connectivity index is 1.52. The third kappa shape index (κ3) is 2.62. The van der Waals surface area contributed by atoms with Crippen LogP contribution in [0.1, 0.15) is 12.5 Å².